The van der Waals surface area contributed by atoms with Crippen LogP contribution in [0.2, 0.25) is 0 Å². The summed E-state index contributed by atoms with van der Waals surface area (Å²) in [5, 5.41) is 10.6. The van der Waals surface area contributed by atoms with Gasteiger partial charge in [-0.05, 0) is 24.3 Å². The Bertz CT molecular complexity index is 477. The van der Waals surface area contributed by atoms with Gasteiger partial charge in [0.05, 0.1) is 0 Å². The highest BCUT2D eigenvalue weighted by atomic mass is 16.3. The van der Waals surface area contributed by atoms with Gasteiger partial charge in [-0.2, -0.15) is 0 Å². The van der Waals surface area contributed by atoms with Crippen molar-refractivity contribution in [3.8, 4) is 11.8 Å². The van der Waals surface area contributed by atoms with Gasteiger partial charge in [0.2, 0.25) is 0 Å². The molecule has 1 aromatic carbocycles. The first-order valence-electron chi connectivity index (χ1n) is 7.34. The lowest BCUT2D eigenvalue weighted by Crippen LogP contribution is -2.39. The first-order valence-corrected chi connectivity index (χ1v) is 7.34. The zero-order valence-corrected chi connectivity index (χ0v) is 13.2. The third-order valence-electron chi connectivity index (χ3n) is 3.64. The summed E-state index contributed by atoms with van der Waals surface area (Å²) in [6.45, 7) is 10.1. The lowest BCUT2D eigenvalue weighted by molar-refractivity contribution is 0.00917. The van der Waals surface area contributed by atoms with Gasteiger partial charge in [0.25, 0.3) is 0 Å². The van der Waals surface area contributed by atoms with Crippen LogP contribution in [0.25, 0.3) is 6.08 Å². The maximum atomic E-state index is 10.6. The second-order valence-corrected chi connectivity index (χ2v) is 5.96. The standard InChI is InChI=1S/C19H26O/c1-15(2)19(20,16(3)4)14-13-17(5)11-12-18-9-7-6-8-10-18/h6-12,15-17,20H,1-5H3/b12-11+/t17-/m0/s1. The van der Waals surface area contributed by atoms with E-state index >= 15 is 0 Å². The quantitative estimate of drug-likeness (QED) is 0.805. The number of hydrogen-bond donors (Lipinski definition) is 1. The van der Waals surface area contributed by atoms with Crippen molar-refractivity contribution in [2.75, 3.05) is 0 Å². The summed E-state index contributed by atoms with van der Waals surface area (Å²) < 4.78 is 0. The Morgan fingerprint density at radius 2 is 1.55 bits per heavy atom. The summed E-state index contributed by atoms with van der Waals surface area (Å²) in [6, 6.07) is 10.2. The van der Waals surface area contributed by atoms with Gasteiger partial charge in [-0.1, -0.05) is 82.0 Å². The lowest BCUT2D eigenvalue weighted by Gasteiger charge is -2.30. The van der Waals surface area contributed by atoms with E-state index in [4.69, 9.17) is 0 Å². The van der Waals surface area contributed by atoms with Gasteiger partial charge in [0.15, 0.2) is 0 Å². The highest BCUT2D eigenvalue weighted by Crippen LogP contribution is 2.25. The van der Waals surface area contributed by atoms with E-state index in [9.17, 15) is 5.11 Å². The van der Waals surface area contributed by atoms with Crippen LogP contribution in [0.3, 0.4) is 0 Å². The molecule has 0 radical (unpaired) electrons. The van der Waals surface area contributed by atoms with Gasteiger partial charge in [0, 0.05) is 5.92 Å². The Morgan fingerprint density at radius 1 is 1.00 bits per heavy atom. The Kier molecular flexibility index (Phi) is 6.05. The maximum Gasteiger partial charge on any atom is 0.130 e. The monoisotopic (exact) mass is 270 g/mol. The minimum atomic E-state index is -0.908. The molecule has 1 N–H and O–H groups in total. The molecule has 0 aliphatic heterocycles. The van der Waals surface area contributed by atoms with Crippen LogP contribution in [-0.2, 0) is 0 Å². The summed E-state index contributed by atoms with van der Waals surface area (Å²) >= 11 is 0. The van der Waals surface area contributed by atoms with Gasteiger partial charge in [-0.15, -0.1) is 0 Å². The first-order chi connectivity index (χ1) is 9.36. The van der Waals surface area contributed by atoms with E-state index in [0.29, 0.717) is 0 Å². The number of rotatable bonds is 4. The van der Waals surface area contributed by atoms with Gasteiger partial charge >= 0.3 is 0 Å². The van der Waals surface area contributed by atoms with E-state index in [1.807, 2.05) is 52.8 Å². The molecule has 0 amide bonds. The molecule has 0 spiro atoms. The van der Waals surface area contributed by atoms with E-state index in [1.54, 1.807) is 0 Å². The van der Waals surface area contributed by atoms with Crippen molar-refractivity contribution in [3.63, 3.8) is 0 Å². The summed E-state index contributed by atoms with van der Waals surface area (Å²) in [5.41, 5.74) is 0.263. The van der Waals surface area contributed by atoms with Crippen molar-refractivity contribution in [1.29, 1.82) is 0 Å². The maximum absolute atomic E-state index is 10.6. The SMILES string of the molecule is CC(C)C(O)(C#C[C@@H](C)/C=C/c1ccccc1)C(C)C. The highest BCUT2D eigenvalue weighted by Gasteiger charge is 2.32. The topological polar surface area (TPSA) is 20.2 Å². The predicted octanol–water partition coefficient (Wildman–Crippen LogP) is 4.38. The van der Waals surface area contributed by atoms with Crippen molar-refractivity contribution in [3.05, 3.63) is 42.0 Å². The molecule has 0 saturated carbocycles. The largest absolute Gasteiger partial charge is 0.377 e. The molecule has 0 aromatic heterocycles. The fraction of sp³-hybridized carbons (Fsp3) is 0.474. The van der Waals surface area contributed by atoms with E-state index in [1.165, 1.54) is 5.56 Å². The van der Waals surface area contributed by atoms with Crippen LogP contribution < -0.4 is 0 Å². The second kappa shape index (κ2) is 7.31. The zero-order chi connectivity index (χ0) is 15.2. The minimum Gasteiger partial charge on any atom is -0.377 e. The van der Waals surface area contributed by atoms with Gasteiger partial charge in [-0.3, -0.25) is 0 Å². The van der Waals surface area contributed by atoms with Crippen LogP contribution >= 0.6 is 0 Å². The molecule has 1 atom stereocenters. The fourth-order valence-electron chi connectivity index (χ4n) is 2.05. The number of hydrogen-bond acceptors (Lipinski definition) is 1. The molecule has 1 aromatic rings. The van der Waals surface area contributed by atoms with Gasteiger partial charge in [0.1, 0.15) is 5.60 Å². The van der Waals surface area contributed by atoms with Crippen LogP contribution in [0, 0.1) is 29.6 Å². The molecule has 1 nitrogen and oxygen atoms in total. The van der Waals surface area contributed by atoms with Gasteiger partial charge < -0.3 is 5.11 Å². The Labute approximate surface area is 123 Å². The van der Waals surface area contributed by atoms with Crippen LogP contribution in [-0.4, -0.2) is 10.7 Å². The molecule has 0 heterocycles. The van der Waals surface area contributed by atoms with Gasteiger partial charge in [-0.25, -0.2) is 0 Å². The average Bonchev–Trinajstić information content (AvgIpc) is 2.43. The molecule has 108 valence electrons. The van der Waals surface area contributed by atoms with Crippen molar-refractivity contribution in [1.82, 2.24) is 0 Å². The smallest absolute Gasteiger partial charge is 0.130 e. The summed E-state index contributed by atoms with van der Waals surface area (Å²) in [7, 11) is 0. The van der Waals surface area contributed by atoms with E-state index in [2.05, 4.69) is 36.1 Å². The van der Waals surface area contributed by atoms with Crippen LogP contribution in [0.1, 0.15) is 40.2 Å². The van der Waals surface area contributed by atoms with Crippen LogP contribution in [0.5, 0.6) is 0 Å². The molecule has 1 heteroatoms. The van der Waals surface area contributed by atoms with Crippen molar-refractivity contribution >= 4 is 6.08 Å². The van der Waals surface area contributed by atoms with E-state index in [0.717, 1.165) is 0 Å². The Morgan fingerprint density at radius 3 is 2.05 bits per heavy atom. The normalized spacial score (nSPS) is 13.6. The van der Waals surface area contributed by atoms with Crippen molar-refractivity contribution in [2.24, 2.45) is 17.8 Å². The molecule has 0 aliphatic rings. The molecule has 0 saturated heterocycles. The van der Waals surface area contributed by atoms with Crippen molar-refractivity contribution in [2.45, 2.75) is 40.2 Å². The molecule has 20 heavy (non-hydrogen) atoms. The molecular weight excluding hydrogens is 244 g/mol. The van der Waals surface area contributed by atoms with E-state index < -0.39 is 5.60 Å². The zero-order valence-electron chi connectivity index (χ0n) is 13.2. The molecule has 0 bridgehead atoms. The Balaban J connectivity index is 2.78. The fourth-order valence-corrected chi connectivity index (χ4v) is 2.05. The van der Waals surface area contributed by atoms with Crippen molar-refractivity contribution < 1.29 is 5.11 Å². The second-order valence-electron chi connectivity index (χ2n) is 5.96. The number of allylic oxidation sites excluding steroid dienone is 1. The van der Waals surface area contributed by atoms with E-state index in [-0.39, 0.29) is 17.8 Å². The highest BCUT2D eigenvalue weighted by molar-refractivity contribution is 5.49. The lowest BCUT2D eigenvalue weighted by atomic mass is 9.81. The minimum absolute atomic E-state index is 0.124. The van der Waals surface area contributed by atoms with Crippen LogP contribution in [0.15, 0.2) is 36.4 Å². The molecule has 0 fully saturated rings. The summed E-state index contributed by atoms with van der Waals surface area (Å²) in [4.78, 5) is 0. The molecule has 0 unspecified atom stereocenters. The van der Waals surface area contributed by atoms with Crippen LogP contribution in [0.4, 0.5) is 0 Å². The number of benzene rings is 1. The molecule has 0 aliphatic carbocycles. The predicted molar refractivity (Wildman–Crippen MR) is 87.0 cm³/mol. The third-order valence-corrected chi connectivity index (χ3v) is 3.64. The summed E-state index contributed by atoms with van der Waals surface area (Å²) in [5.74, 6) is 6.63. The molecule has 1 rings (SSSR count). The average molecular weight is 270 g/mol. The Hall–Kier alpha value is -1.52. The molecular formula is C19H26O. The first kappa shape index (κ1) is 16.5. The number of aliphatic hydroxyl groups is 1. The summed E-state index contributed by atoms with van der Waals surface area (Å²) in [6.07, 6.45) is 4.15. The third kappa shape index (κ3) is 4.54.